The molecule has 5 rings (SSSR count). The van der Waals surface area contributed by atoms with E-state index >= 15 is 0 Å². The molecule has 3 heterocycles. The molecule has 1 aliphatic carbocycles. The summed E-state index contributed by atoms with van der Waals surface area (Å²) in [6.45, 7) is 9.56. The number of rotatable bonds is 9. The molecule has 13 heteroatoms. The number of hydrogen-bond donors (Lipinski definition) is 3. The van der Waals surface area contributed by atoms with Gasteiger partial charge in [0.2, 0.25) is 11.8 Å². The SMILES string of the molecule is S.S.S.[C-]#[N+][C@@H]1C[C@H](F)CN1C/C=C/C(=O)Nc1ccc(-c2cccc([C@H](C)C(=O)Nc3cc(C4CC4)[nH]n3)c2)cn1. The minimum absolute atomic E-state index is 0. The number of alkyl halides is 1. The van der Waals surface area contributed by atoms with Crippen LogP contribution in [0.25, 0.3) is 16.0 Å². The van der Waals surface area contributed by atoms with E-state index in [0.29, 0.717) is 24.1 Å². The molecule has 3 N–H and O–H groups in total. The summed E-state index contributed by atoms with van der Waals surface area (Å²) in [5.74, 6) is 0.598. The lowest BCUT2D eigenvalue weighted by Crippen LogP contribution is -2.27. The number of nitrogens with one attached hydrogen (secondary N) is 3. The quantitative estimate of drug-likeness (QED) is 0.223. The third-order valence-corrected chi connectivity index (χ3v) is 7.07. The number of halogens is 1. The van der Waals surface area contributed by atoms with Crippen molar-refractivity contribution in [3.63, 3.8) is 0 Å². The van der Waals surface area contributed by atoms with Crippen molar-refractivity contribution in [1.29, 1.82) is 0 Å². The predicted octanol–water partition coefficient (Wildman–Crippen LogP) is 5.21. The molecular weight excluding hydrogens is 594 g/mol. The first-order chi connectivity index (χ1) is 18.9. The molecule has 2 amide bonds. The van der Waals surface area contributed by atoms with Gasteiger partial charge in [-0.1, -0.05) is 30.3 Å². The van der Waals surface area contributed by atoms with Crippen LogP contribution in [0.2, 0.25) is 0 Å². The maximum absolute atomic E-state index is 13.5. The second kappa shape index (κ2) is 15.8. The van der Waals surface area contributed by atoms with Crippen molar-refractivity contribution < 1.29 is 14.0 Å². The van der Waals surface area contributed by atoms with Crippen LogP contribution in [0.4, 0.5) is 16.0 Å². The van der Waals surface area contributed by atoms with Crippen molar-refractivity contribution in [2.24, 2.45) is 0 Å². The van der Waals surface area contributed by atoms with E-state index in [0.717, 1.165) is 35.2 Å². The Balaban J connectivity index is 0.00000205. The molecule has 1 aromatic carbocycles. The Hall–Kier alpha value is -3.31. The van der Waals surface area contributed by atoms with E-state index in [9.17, 15) is 14.0 Å². The molecule has 2 aromatic heterocycles. The van der Waals surface area contributed by atoms with Crippen molar-refractivity contribution in [2.45, 2.75) is 50.4 Å². The highest BCUT2D eigenvalue weighted by Gasteiger charge is 2.35. The standard InChI is InChI=1S/C29H30FN7O2.3H2S/c1-18(29(39)34-26-15-24(35-36-26)19-8-9-19)20-5-3-6-21(13-20)22-10-11-25(32-16-22)33-28(38)7-4-12-37-17-23(30)14-27(37)31-2;;;/h3-7,10-11,13,15-16,18-19,23,27H,8-9,12,14,17H2,1H3,(H,32,33,38)(H2,34,35,36,39);3*1H2/b7-4+;;;/t18-,23-,27-;;;/m0.../s1. The van der Waals surface area contributed by atoms with Gasteiger partial charge in [-0.05, 0) is 43.0 Å². The van der Waals surface area contributed by atoms with Gasteiger partial charge in [0.05, 0.1) is 12.3 Å². The molecule has 9 nitrogen and oxygen atoms in total. The lowest BCUT2D eigenvalue weighted by Gasteiger charge is -2.13. The number of anilines is 2. The zero-order valence-electron chi connectivity index (χ0n) is 23.1. The number of likely N-dealkylation sites (tertiary alicyclic amines) is 1. The molecule has 224 valence electrons. The van der Waals surface area contributed by atoms with Gasteiger partial charge in [0.1, 0.15) is 12.0 Å². The van der Waals surface area contributed by atoms with Gasteiger partial charge in [-0.2, -0.15) is 45.6 Å². The summed E-state index contributed by atoms with van der Waals surface area (Å²) in [4.78, 5) is 34.6. The summed E-state index contributed by atoms with van der Waals surface area (Å²) in [6, 6.07) is 13.2. The molecular formula is C29H36FN7O2S3. The van der Waals surface area contributed by atoms with Gasteiger partial charge in [-0.15, -0.1) is 0 Å². The maximum Gasteiger partial charge on any atom is 0.282 e. The first kappa shape index (κ1) is 34.9. The van der Waals surface area contributed by atoms with Crippen LogP contribution in [0.5, 0.6) is 0 Å². The van der Waals surface area contributed by atoms with Gasteiger partial charge in [-0.25, -0.2) is 20.8 Å². The summed E-state index contributed by atoms with van der Waals surface area (Å²) in [6.07, 6.45) is 5.70. The second-order valence-electron chi connectivity index (χ2n) is 10.0. The van der Waals surface area contributed by atoms with Crippen LogP contribution in [-0.2, 0) is 9.59 Å². The van der Waals surface area contributed by atoms with Crippen molar-refractivity contribution in [1.82, 2.24) is 20.1 Å². The molecule has 0 spiro atoms. The third kappa shape index (κ3) is 8.84. The fraction of sp³-hybridized carbons (Fsp3) is 0.345. The van der Waals surface area contributed by atoms with E-state index in [-0.39, 0.29) is 71.2 Å². The Kier molecular flexibility index (Phi) is 13.1. The molecule has 2 fully saturated rings. The number of carbonyl (C=O) groups is 2. The number of nitrogens with zero attached hydrogens (tertiary/aromatic N) is 4. The zero-order chi connectivity index (χ0) is 27.4. The van der Waals surface area contributed by atoms with E-state index in [1.807, 2.05) is 43.3 Å². The third-order valence-electron chi connectivity index (χ3n) is 7.07. The monoisotopic (exact) mass is 629 g/mol. The fourth-order valence-corrected chi connectivity index (χ4v) is 4.64. The molecule has 1 saturated heterocycles. The number of aromatic amines is 1. The zero-order valence-corrected chi connectivity index (χ0v) is 26.1. The number of amides is 2. The van der Waals surface area contributed by atoms with Crippen LogP contribution >= 0.6 is 40.5 Å². The first-order valence-electron chi connectivity index (χ1n) is 13.0. The van der Waals surface area contributed by atoms with E-state index in [2.05, 4.69) is 30.7 Å². The molecule has 3 aromatic rings. The van der Waals surface area contributed by atoms with E-state index in [4.69, 9.17) is 6.57 Å². The Morgan fingerprint density at radius 3 is 2.62 bits per heavy atom. The molecule has 3 atom stereocenters. The highest BCUT2D eigenvalue weighted by Crippen LogP contribution is 2.39. The van der Waals surface area contributed by atoms with E-state index in [1.165, 1.54) is 6.08 Å². The summed E-state index contributed by atoms with van der Waals surface area (Å²) in [5, 5.41) is 12.8. The molecule has 0 radical (unpaired) electrons. The van der Waals surface area contributed by atoms with Gasteiger partial charge in [0, 0.05) is 48.6 Å². The Bertz CT molecular complexity index is 1420. The molecule has 1 aliphatic heterocycles. The highest BCUT2D eigenvalue weighted by molar-refractivity contribution is 7.59. The summed E-state index contributed by atoms with van der Waals surface area (Å²) in [7, 11) is 0. The van der Waals surface area contributed by atoms with Crippen molar-refractivity contribution in [2.75, 3.05) is 23.7 Å². The summed E-state index contributed by atoms with van der Waals surface area (Å²) in [5.41, 5.74) is 3.68. The molecule has 2 aliphatic rings. The molecule has 1 saturated carbocycles. The second-order valence-corrected chi connectivity index (χ2v) is 10.0. The highest BCUT2D eigenvalue weighted by atomic mass is 32.1. The van der Waals surface area contributed by atoms with E-state index in [1.54, 1.807) is 23.2 Å². The average Bonchev–Trinajstić information content (AvgIpc) is 3.58. The van der Waals surface area contributed by atoms with Crippen molar-refractivity contribution in [3.05, 3.63) is 83.5 Å². The van der Waals surface area contributed by atoms with Crippen LogP contribution in [-0.4, -0.2) is 57.3 Å². The van der Waals surface area contributed by atoms with E-state index < -0.39 is 12.3 Å². The lowest BCUT2D eigenvalue weighted by molar-refractivity contribution is -0.117. The molecule has 0 bridgehead atoms. The number of aromatic nitrogens is 3. The number of hydrogen-bond acceptors (Lipinski definition) is 5. The van der Waals surface area contributed by atoms with Gasteiger partial charge < -0.3 is 10.6 Å². The van der Waals surface area contributed by atoms with Crippen LogP contribution in [0.3, 0.4) is 0 Å². The number of pyridine rings is 1. The minimum atomic E-state index is -1.00. The number of H-pyrrole nitrogens is 1. The lowest BCUT2D eigenvalue weighted by atomic mass is 9.96. The first-order valence-corrected chi connectivity index (χ1v) is 13.0. The number of benzene rings is 1. The van der Waals surface area contributed by atoms with Crippen LogP contribution in [0.15, 0.2) is 60.8 Å². The van der Waals surface area contributed by atoms with Gasteiger partial charge in [-0.3, -0.25) is 19.5 Å². The van der Waals surface area contributed by atoms with Crippen LogP contribution in [0, 0.1) is 6.57 Å². The van der Waals surface area contributed by atoms with Crippen LogP contribution < -0.4 is 10.6 Å². The number of carbonyl (C=O) groups excluding carboxylic acids is 2. The minimum Gasteiger partial charge on any atom is -0.309 e. The maximum atomic E-state index is 13.5. The smallest absolute Gasteiger partial charge is 0.282 e. The summed E-state index contributed by atoms with van der Waals surface area (Å²) >= 11 is 0. The Morgan fingerprint density at radius 2 is 1.93 bits per heavy atom. The normalized spacial score (nSPS) is 18.6. The largest absolute Gasteiger partial charge is 0.309 e. The summed E-state index contributed by atoms with van der Waals surface area (Å²) < 4.78 is 13.5. The van der Waals surface area contributed by atoms with Gasteiger partial charge >= 0.3 is 0 Å². The Morgan fingerprint density at radius 1 is 1.14 bits per heavy atom. The van der Waals surface area contributed by atoms with Crippen molar-refractivity contribution in [3.8, 4) is 11.1 Å². The molecule has 42 heavy (non-hydrogen) atoms. The van der Waals surface area contributed by atoms with Gasteiger partial charge in [0.25, 0.3) is 6.17 Å². The van der Waals surface area contributed by atoms with Crippen molar-refractivity contribution >= 4 is 63.9 Å². The average molecular weight is 630 g/mol. The predicted molar refractivity (Wildman–Crippen MR) is 178 cm³/mol. The molecule has 0 unspecified atom stereocenters. The topological polar surface area (TPSA) is 107 Å². The van der Waals surface area contributed by atoms with Crippen LogP contribution in [0.1, 0.15) is 49.3 Å². The Labute approximate surface area is 265 Å². The van der Waals surface area contributed by atoms with Gasteiger partial charge in [0.15, 0.2) is 5.82 Å². The fourth-order valence-electron chi connectivity index (χ4n) is 4.64.